The van der Waals surface area contributed by atoms with Gasteiger partial charge < -0.3 is 29.5 Å². The maximum Gasteiger partial charge on any atom is 0.306 e. The lowest BCUT2D eigenvalue weighted by Crippen LogP contribution is -2.68. The highest BCUT2D eigenvalue weighted by atomic mass is 16.7. The SMILES string of the molecule is CCCCCCCCCCCC(=O)O[C@@]12C[C@@H](C)[C@]34C=C(C)[C@H](O)[C@@]3(O)[C@@H]3OC(C)(C)OCC3=C[C@H](C4O)[C@@H]1C2(C)C. The van der Waals surface area contributed by atoms with Crippen LogP contribution in [0.15, 0.2) is 23.3 Å². The lowest BCUT2D eigenvalue weighted by molar-refractivity contribution is -0.312. The molecule has 0 aromatic carbocycles. The van der Waals surface area contributed by atoms with Crippen molar-refractivity contribution < 1.29 is 34.3 Å². The molecular weight excluding hydrogens is 532 g/mol. The van der Waals surface area contributed by atoms with Crippen molar-refractivity contribution in [3.8, 4) is 0 Å². The molecule has 7 heteroatoms. The highest BCUT2D eigenvalue weighted by Crippen LogP contribution is 2.76. The summed E-state index contributed by atoms with van der Waals surface area (Å²) >= 11 is 0. The smallest absolute Gasteiger partial charge is 0.306 e. The van der Waals surface area contributed by atoms with Crippen molar-refractivity contribution in [2.45, 2.75) is 154 Å². The standard InChI is InChI=1S/C35H56O7/c1-8-9-10-11-12-13-14-15-16-17-26(36)41-34-20-23(3)33-19-22(2)28(37)35(33,39)30-24(21-40-32(6,7)42-30)18-25(29(33)38)27(34)31(34,4)5/h18-19,23,25,27-30,37-39H,8-17,20-21H2,1-7H3/t23-,25+,27-,28+,29?,30-,33+,34+,35-/m1/s1. The molecule has 5 aliphatic rings. The van der Waals surface area contributed by atoms with Crippen LogP contribution in [-0.4, -0.2) is 63.2 Å². The van der Waals surface area contributed by atoms with E-state index in [-0.39, 0.29) is 29.8 Å². The first-order valence-corrected chi connectivity index (χ1v) is 16.7. The van der Waals surface area contributed by atoms with Crippen LogP contribution in [0.2, 0.25) is 0 Å². The van der Waals surface area contributed by atoms with Gasteiger partial charge in [0, 0.05) is 23.7 Å². The van der Waals surface area contributed by atoms with Gasteiger partial charge in [-0.05, 0) is 50.7 Å². The molecule has 0 aromatic rings. The Morgan fingerprint density at radius 1 is 1.02 bits per heavy atom. The van der Waals surface area contributed by atoms with E-state index in [4.69, 9.17) is 14.2 Å². The lowest BCUT2D eigenvalue weighted by atomic mass is 9.58. The van der Waals surface area contributed by atoms with Crippen LogP contribution in [0, 0.1) is 28.6 Å². The Hall–Kier alpha value is -1.25. The van der Waals surface area contributed by atoms with E-state index in [0.717, 1.165) is 24.8 Å². The van der Waals surface area contributed by atoms with Crippen LogP contribution in [0.3, 0.4) is 0 Å². The van der Waals surface area contributed by atoms with Gasteiger partial charge in [-0.15, -0.1) is 0 Å². The van der Waals surface area contributed by atoms with E-state index in [1.807, 2.05) is 39.8 Å². The van der Waals surface area contributed by atoms with Gasteiger partial charge in [0.1, 0.15) is 23.4 Å². The molecule has 1 unspecified atom stereocenters. The fraction of sp³-hybridized carbons (Fsp3) is 0.857. The van der Waals surface area contributed by atoms with Crippen molar-refractivity contribution in [3.63, 3.8) is 0 Å². The molecule has 1 aliphatic heterocycles. The second kappa shape index (κ2) is 11.3. The molecule has 2 bridgehead atoms. The average molecular weight is 589 g/mol. The summed E-state index contributed by atoms with van der Waals surface area (Å²) in [6.07, 6.45) is 12.5. The summed E-state index contributed by atoms with van der Waals surface area (Å²) in [5, 5.41) is 36.6. The zero-order valence-corrected chi connectivity index (χ0v) is 27.1. The second-order valence-corrected chi connectivity index (χ2v) is 15.2. The summed E-state index contributed by atoms with van der Waals surface area (Å²) in [5.74, 6) is -1.97. The number of rotatable bonds is 11. The summed E-state index contributed by atoms with van der Waals surface area (Å²) in [7, 11) is 0. The van der Waals surface area contributed by atoms with Crippen molar-refractivity contribution in [2.75, 3.05) is 6.61 Å². The predicted octanol–water partition coefficient (Wildman–Crippen LogP) is 5.99. The first-order valence-electron chi connectivity index (χ1n) is 16.7. The van der Waals surface area contributed by atoms with E-state index in [1.165, 1.54) is 38.5 Å². The summed E-state index contributed by atoms with van der Waals surface area (Å²) in [6.45, 7) is 14.2. The molecule has 0 radical (unpaired) electrons. The van der Waals surface area contributed by atoms with Gasteiger partial charge in [-0.3, -0.25) is 4.79 Å². The van der Waals surface area contributed by atoms with Crippen molar-refractivity contribution in [2.24, 2.45) is 28.6 Å². The summed E-state index contributed by atoms with van der Waals surface area (Å²) in [4.78, 5) is 13.3. The normalized spacial score (nSPS) is 42.7. The minimum absolute atomic E-state index is 0.134. The molecule has 3 fully saturated rings. The monoisotopic (exact) mass is 588 g/mol. The van der Waals surface area contributed by atoms with Crippen molar-refractivity contribution in [3.05, 3.63) is 23.3 Å². The first kappa shape index (κ1) is 32.2. The average Bonchev–Trinajstić information content (AvgIpc) is 3.33. The van der Waals surface area contributed by atoms with Crippen LogP contribution in [0.4, 0.5) is 0 Å². The summed E-state index contributed by atoms with van der Waals surface area (Å²) in [5.41, 5.74) is -2.73. The number of hydrogen-bond acceptors (Lipinski definition) is 7. The molecule has 238 valence electrons. The number of unbranched alkanes of at least 4 members (excludes halogenated alkanes) is 8. The third-order valence-corrected chi connectivity index (χ3v) is 11.9. The molecule has 1 heterocycles. The fourth-order valence-electron chi connectivity index (χ4n) is 9.58. The number of esters is 1. The second-order valence-electron chi connectivity index (χ2n) is 15.2. The van der Waals surface area contributed by atoms with Gasteiger partial charge in [-0.25, -0.2) is 0 Å². The molecule has 1 spiro atoms. The van der Waals surface area contributed by atoms with Gasteiger partial charge >= 0.3 is 5.97 Å². The Bertz CT molecular complexity index is 1090. The van der Waals surface area contributed by atoms with Crippen LogP contribution < -0.4 is 0 Å². The Balaban J connectivity index is 1.38. The molecule has 42 heavy (non-hydrogen) atoms. The minimum Gasteiger partial charge on any atom is -0.458 e. The number of carbonyl (C=O) groups is 1. The van der Waals surface area contributed by atoms with Crippen molar-refractivity contribution >= 4 is 5.97 Å². The molecule has 5 rings (SSSR count). The fourth-order valence-corrected chi connectivity index (χ4v) is 9.58. The summed E-state index contributed by atoms with van der Waals surface area (Å²) < 4.78 is 18.9. The van der Waals surface area contributed by atoms with E-state index < -0.39 is 46.6 Å². The number of aliphatic hydroxyl groups is 3. The predicted molar refractivity (Wildman–Crippen MR) is 161 cm³/mol. The molecule has 0 aromatic heterocycles. The molecule has 0 amide bonds. The van der Waals surface area contributed by atoms with Gasteiger partial charge in [-0.1, -0.05) is 91.2 Å². The largest absolute Gasteiger partial charge is 0.458 e. The van der Waals surface area contributed by atoms with Crippen molar-refractivity contribution in [1.82, 2.24) is 0 Å². The van der Waals surface area contributed by atoms with Crippen molar-refractivity contribution in [1.29, 1.82) is 0 Å². The van der Waals surface area contributed by atoms with E-state index >= 15 is 0 Å². The molecule has 4 aliphatic carbocycles. The minimum atomic E-state index is -1.79. The molecule has 9 atom stereocenters. The summed E-state index contributed by atoms with van der Waals surface area (Å²) in [6, 6.07) is 0. The van der Waals surface area contributed by atoms with Crippen LogP contribution in [0.1, 0.15) is 119 Å². The zero-order chi connectivity index (χ0) is 30.7. The van der Waals surface area contributed by atoms with Crippen LogP contribution in [-0.2, 0) is 19.0 Å². The highest BCUT2D eigenvalue weighted by molar-refractivity contribution is 5.71. The molecule has 2 saturated carbocycles. The van der Waals surface area contributed by atoms with E-state index in [2.05, 4.69) is 20.8 Å². The maximum atomic E-state index is 13.3. The van der Waals surface area contributed by atoms with Crippen LogP contribution in [0.5, 0.6) is 0 Å². The van der Waals surface area contributed by atoms with Crippen LogP contribution >= 0.6 is 0 Å². The Morgan fingerprint density at radius 2 is 1.64 bits per heavy atom. The van der Waals surface area contributed by atoms with Gasteiger partial charge in [-0.2, -0.15) is 0 Å². The quantitative estimate of drug-likeness (QED) is 0.155. The van der Waals surface area contributed by atoms with Crippen LogP contribution in [0.25, 0.3) is 0 Å². The first-order chi connectivity index (χ1) is 19.7. The van der Waals surface area contributed by atoms with Gasteiger partial charge in [0.2, 0.25) is 0 Å². The highest BCUT2D eigenvalue weighted by Gasteiger charge is 2.83. The number of aliphatic hydroxyl groups excluding tert-OH is 2. The number of ether oxygens (including phenoxy) is 3. The number of hydrogen-bond donors (Lipinski definition) is 3. The number of fused-ring (bicyclic) bond motifs is 5. The molecule has 7 nitrogen and oxygen atoms in total. The van der Waals surface area contributed by atoms with E-state index in [0.29, 0.717) is 18.4 Å². The van der Waals surface area contributed by atoms with E-state index in [1.54, 1.807) is 0 Å². The zero-order valence-electron chi connectivity index (χ0n) is 27.1. The maximum absolute atomic E-state index is 13.3. The van der Waals surface area contributed by atoms with E-state index in [9.17, 15) is 20.1 Å². The molecule has 1 saturated heterocycles. The Morgan fingerprint density at radius 3 is 2.29 bits per heavy atom. The van der Waals surface area contributed by atoms with Gasteiger partial charge in [0.15, 0.2) is 5.79 Å². The van der Waals surface area contributed by atoms with Gasteiger partial charge in [0.05, 0.1) is 18.1 Å². The third-order valence-electron chi connectivity index (χ3n) is 11.9. The molecule has 3 N–H and O–H groups in total. The molecular formula is C35H56O7. The number of carbonyl (C=O) groups excluding carboxylic acids is 1. The topological polar surface area (TPSA) is 105 Å². The lowest BCUT2D eigenvalue weighted by Gasteiger charge is -2.54. The Labute approximate surface area is 253 Å². The Kier molecular flexibility index (Phi) is 8.63. The van der Waals surface area contributed by atoms with Gasteiger partial charge in [0.25, 0.3) is 0 Å². The third kappa shape index (κ3) is 4.76.